The maximum Gasteiger partial charge on any atom is 0.128 e. The lowest BCUT2D eigenvalue weighted by atomic mass is 9.86. The zero-order chi connectivity index (χ0) is 24.2. The monoisotopic (exact) mass is 463 g/mol. The van der Waals surface area contributed by atoms with Gasteiger partial charge in [0.2, 0.25) is 0 Å². The maximum absolute atomic E-state index is 5.84. The molecule has 1 heterocycles. The Kier molecular flexibility index (Phi) is 6.44. The predicted octanol–water partition coefficient (Wildman–Crippen LogP) is 6.64. The third-order valence-electron chi connectivity index (χ3n) is 6.45. The number of ether oxygens (including phenoxy) is 3. The largest absolute Gasteiger partial charge is 0.497 e. The normalized spacial score (nSPS) is 12.8. The number of hydrogen-bond acceptors (Lipinski definition) is 4. The molecule has 4 heteroatoms. The summed E-state index contributed by atoms with van der Waals surface area (Å²) < 4.78 is 16.8. The van der Waals surface area contributed by atoms with E-state index in [2.05, 4.69) is 65.6 Å². The van der Waals surface area contributed by atoms with Crippen molar-refractivity contribution in [1.29, 1.82) is 0 Å². The third-order valence-corrected chi connectivity index (χ3v) is 6.45. The zero-order valence-electron chi connectivity index (χ0n) is 20.3. The molecular formula is C31H29NO3. The van der Waals surface area contributed by atoms with Crippen LogP contribution in [0.1, 0.15) is 27.8 Å². The highest BCUT2D eigenvalue weighted by atomic mass is 16.5. The summed E-state index contributed by atoms with van der Waals surface area (Å²) in [6, 6.07) is 33.5. The number of hydrogen-bond donors (Lipinski definition) is 0. The topological polar surface area (TPSA) is 30.9 Å². The minimum atomic E-state index is 0.749. The fraction of sp³-hybridized carbons (Fsp3) is 0.161. The Balaban J connectivity index is 1.76. The summed E-state index contributed by atoms with van der Waals surface area (Å²) in [4.78, 5) is 2.44. The molecule has 4 aromatic carbocycles. The van der Waals surface area contributed by atoms with E-state index < -0.39 is 0 Å². The Morgan fingerprint density at radius 1 is 0.657 bits per heavy atom. The Bertz CT molecular complexity index is 1360. The fourth-order valence-electron chi connectivity index (χ4n) is 4.77. The van der Waals surface area contributed by atoms with Crippen molar-refractivity contribution in [2.45, 2.75) is 13.1 Å². The van der Waals surface area contributed by atoms with Gasteiger partial charge in [-0.05, 0) is 58.7 Å². The van der Waals surface area contributed by atoms with Crippen molar-refractivity contribution in [2.75, 3.05) is 21.3 Å². The number of rotatable bonds is 7. The SMILES string of the molecule is COc1ccc(CN2Cc3ccccc3C(c3cccc(OC)c3)=C2c2ccccc2OC)cc1. The first kappa shape index (κ1) is 22.6. The summed E-state index contributed by atoms with van der Waals surface area (Å²) in [5.74, 6) is 2.54. The Morgan fingerprint density at radius 2 is 1.37 bits per heavy atom. The zero-order valence-corrected chi connectivity index (χ0v) is 20.3. The lowest BCUT2D eigenvalue weighted by molar-refractivity contribution is 0.372. The van der Waals surface area contributed by atoms with Crippen molar-refractivity contribution < 1.29 is 14.2 Å². The number of nitrogens with zero attached hydrogens (tertiary/aromatic N) is 1. The van der Waals surface area contributed by atoms with E-state index in [0.717, 1.165) is 47.2 Å². The van der Waals surface area contributed by atoms with Gasteiger partial charge in [0.25, 0.3) is 0 Å². The number of para-hydroxylation sites is 1. The van der Waals surface area contributed by atoms with E-state index in [1.54, 1.807) is 21.3 Å². The molecule has 1 aliphatic heterocycles. The summed E-state index contributed by atoms with van der Waals surface area (Å²) in [5.41, 5.74) is 8.22. The quantitative estimate of drug-likeness (QED) is 0.307. The highest BCUT2D eigenvalue weighted by molar-refractivity contribution is 6.01. The minimum Gasteiger partial charge on any atom is -0.497 e. The third kappa shape index (κ3) is 4.47. The van der Waals surface area contributed by atoms with Gasteiger partial charge in [0, 0.05) is 24.2 Å². The van der Waals surface area contributed by atoms with Gasteiger partial charge in [-0.1, -0.05) is 60.7 Å². The predicted molar refractivity (Wildman–Crippen MR) is 141 cm³/mol. The molecule has 0 amide bonds. The van der Waals surface area contributed by atoms with Gasteiger partial charge in [0.15, 0.2) is 0 Å². The second-order valence-corrected chi connectivity index (χ2v) is 8.52. The van der Waals surface area contributed by atoms with Crippen molar-refractivity contribution >= 4 is 11.3 Å². The summed E-state index contributed by atoms with van der Waals surface area (Å²) in [6.45, 7) is 1.54. The van der Waals surface area contributed by atoms with Crippen LogP contribution in [-0.2, 0) is 13.1 Å². The van der Waals surface area contributed by atoms with Crippen molar-refractivity contribution in [3.05, 3.63) is 125 Å². The molecule has 176 valence electrons. The Labute approximate surface area is 207 Å². The van der Waals surface area contributed by atoms with Crippen LogP contribution in [0.2, 0.25) is 0 Å². The van der Waals surface area contributed by atoms with Crippen LogP contribution in [0.25, 0.3) is 11.3 Å². The van der Waals surface area contributed by atoms with Crippen LogP contribution in [0, 0.1) is 0 Å². The molecule has 1 aliphatic rings. The van der Waals surface area contributed by atoms with Crippen LogP contribution in [0.15, 0.2) is 97.1 Å². The molecule has 0 aliphatic carbocycles. The van der Waals surface area contributed by atoms with Gasteiger partial charge in [0.05, 0.1) is 27.0 Å². The van der Waals surface area contributed by atoms with E-state index in [1.165, 1.54) is 22.3 Å². The number of benzene rings is 4. The van der Waals surface area contributed by atoms with Gasteiger partial charge in [-0.2, -0.15) is 0 Å². The molecule has 4 nitrogen and oxygen atoms in total. The summed E-state index contributed by atoms with van der Waals surface area (Å²) in [5, 5.41) is 0. The maximum atomic E-state index is 5.84. The van der Waals surface area contributed by atoms with Gasteiger partial charge in [-0.15, -0.1) is 0 Å². The van der Waals surface area contributed by atoms with Gasteiger partial charge in [-0.25, -0.2) is 0 Å². The number of fused-ring (bicyclic) bond motifs is 1. The molecule has 35 heavy (non-hydrogen) atoms. The van der Waals surface area contributed by atoms with Crippen LogP contribution in [-0.4, -0.2) is 26.2 Å². The molecule has 0 N–H and O–H groups in total. The molecule has 0 radical (unpaired) electrons. The highest BCUT2D eigenvalue weighted by Crippen LogP contribution is 2.44. The standard InChI is InChI=1S/C31H29NO3/c1-33-25-17-15-22(16-18-25)20-32-21-24-9-4-5-12-27(24)30(23-10-8-11-26(19-23)34-2)31(32)28-13-6-7-14-29(28)35-3/h4-19H,20-21H2,1-3H3. The van der Waals surface area contributed by atoms with Crippen LogP contribution in [0.4, 0.5) is 0 Å². The lowest BCUT2D eigenvalue weighted by Crippen LogP contribution is -2.27. The minimum absolute atomic E-state index is 0.749. The van der Waals surface area contributed by atoms with E-state index in [0.29, 0.717) is 0 Å². The van der Waals surface area contributed by atoms with Crippen molar-refractivity contribution in [2.24, 2.45) is 0 Å². The molecule has 0 unspecified atom stereocenters. The smallest absolute Gasteiger partial charge is 0.128 e. The molecular weight excluding hydrogens is 434 g/mol. The molecule has 4 aromatic rings. The van der Waals surface area contributed by atoms with Gasteiger partial charge < -0.3 is 19.1 Å². The van der Waals surface area contributed by atoms with E-state index in [9.17, 15) is 0 Å². The molecule has 0 saturated carbocycles. The van der Waals surface area contributed by atoms with E-state index >= 15 is 0 Å². The second kappa shape index (κ2) is 9.98. The lowest BCUT2D eigenvalue weighted by Gasteiger charge is -2.36. The van der Waals surface area contributed by atoms with Crippen molar-refractivity contribution in [1.82, 2.24) is 4.90 Å². The first-order valence-electron chi connectivity index (χ1n) is 11.7. The van der Waals surface area contributed by atoms with Crippen molar-refractivity contribution in [3.63, 3.8) is 0 Å². The first-order chi connectivity index (χ1) is 17.2. The molecule has 0 spiro atoms. The van der Waals surface area contributed by atoms with Crippen LogP contribution < -0.4 is 14.2 Å². The van der Waals surface area contributed by atoms with E-state index in [1.807, 2.05) is 36.4 Å². The molecule has 0 bridgehead atoms. The van der Waals surface area contributed by atoms with Crippen LogP contribution >= 0.6 is 0 Å². The van der Waals surface area contributed by atoms with E-state index in [-0.39, 0.29) is 0 Å². The highest BCUT2D eigenvalue weighted by Gasteiger charge is 2.28. The molecule has 0 saturated heterocycles. The second-order valence-electron chi connectivity index (χ2n) is 8.52. The van der Waals surface area contributed by atoms with Crippen LogP contribution in [0.3, 0.4) is 0 Å². The van der Waals surface area contributed by atoms with Gasteiger partial charge in [0.1, 0.15) is 17.2 Å². The van der Waals surface area contributed by atoms with Gasteiger partial charge >= 0.3 is 0 Å². The Hall–Kier alpha value is -4.18. The molecule has 0 fully saturated rings. The van der Waals surface area contributed by atoms with Crippen LogP contribution in [0.5, 0.6) is 17.2 Å². The molecule has 0 aromatic heterocycles. The summed E-state index contributed by atoms with van der Waals surface area (Å²) in [7, 11) is 5.13. The average molecular weight is 464 g/mol. The molecule has 5 rings (SSSR count). The first-order valence-corrected chi connectivity index (χ1v) is 11.7. The summed E-state index contributed by atoms with van der Waals surface area (Å²) in [6.07, 6.45) is 0. The fourth-order valence-corrected chi connectivity index (χ4v) is 4.77. The average Bonchev–Trinajstić information content (AvgIpc) is 2.92. The van der Waals surface area contributed by atoms with Crippen molar-refractivity contribution in [3.8, 4) is 17.2 Å². The number of methoxy groups -OCH3 is 3. The van der Waals surface area contributed by atoms with E-state index in [4.69, 9.17) is 14.2 Å². The summed E-state index contributed by atoms with van der Waals surface area (Å²) >= 11 is 0. The van der Waals surface area contributed by atoms with Gasteiger partial charge in [-0.3, -0.25) is 0 Å². The Morgan fingerprint density at radius 3 is 2.11 bits per heavy atom. The molecule has 0 atom stereocenters.